The number of aromatic nitrogens is 1. The molecule has 1 aromatic heterocycles. The molecule has 2 N–H and O–H groups in total. The Morgan fingerprint density at radius 2 is 1.79 bits per heavy atom. The molecule has 0 radical (unpaired) electrons. The third-order valence-corrected chi connectivity index (χ3v) is 6.39. The zero-order chi connectivity index (χ0) is 23.5. The fourth-order valence-corrected chi connectivity index (χ4v) is 4.57. The van der Waals surface area contributed by atoms with Crippen molar-refractivity contribution < 1.29 is 18.7 Å². The van der Waals surface area contributed by atoms with Gasteiger partial charge in [-0.05, 0) is 67.0 Å². The van der Waals surface area contributed by atoms with Crippen LogP contribution >= 0.6 is 0 Å². The number of alkyl halides is 1. The number of carbonyl (C=O) groups is 1. The summed E-state index contributed by atoms with van der Waals surface area (Å²) in [5.41, 5.74) is 0.913. The number of hydrogen-bond acceptors (Lipinski definition) is 3. The maximum absolute atomic E-state index is 14.0. The normalized spacial score (nSPS) is 18.2. The van der Waals surface area contributed by atoms with Gasteiger partial charge in [0.15, 0.2) is 5.75 Å². The number of rotatable bonds is 5. The second-order valence-corrected chi connectivity index (χ2v) is 8.57. The number of nitrogens with one attached hydrogen (secondary N) is 1. The molecule has 33 heavy (non-hydrogen) atoms. The average Bonchev–Trinajstić information content (AvgIpc) is 2.83. The largest absolute Gasteiger partial charge is 0.502 e. The van der Waals surface area contributed by atoms with Crippen molar-refractivity contribution in [3.8, 4) is 17.0 Å². The molecule has 3 aromatic rings. The molecule has 1 fully saturated rings. The first-order valence-corrected chi connectivity index (χ1v) is 11.0. The summed E-state index contributed by atoms with van der Waals surface area (Å²) in [5.74, 6) is -1.43. The summed E-state index contributed by atoms with van der Waals surface area (Å²) in [7, 11) is 1.41. The van der Waals surface area contributed by atoms with E-state index in [2.05, 4.69) is 17.4 Å². The summed E-state index contributed by atoms with van der Waals surface area (Å²) < 4.78 is 28.2. The molecule has 2 aromatic carbocycles. The van der Waals surface area contributed by atoms with Crippen molar-refractivity contribution >= 4 is 5.91 Å². The molecule has 1 amide bonds. The van der Waals surface area contributed by atoms with Gasteiger partial charge in [-0.2, -0.15) is 0 Å². The van der Waals surface area contributed by atoms with Gasteiger partial charge in [0.25, 0.3) is 11.5 Å². The fraction of sp³-hybridized carbons (Fsp3) is 0.308. The van der Waals surface area contributed by atoms with Crippen LogP contribution in [0.2, 0.25) is 0 Å². The molecule has 1 saturated carbocycles. The Labute approximate surface area is 190 Å². The average molecular weight is 453 g/mol. The molecule has 0 unspecified atom stereocenters. The van der Waals surface area contributed by atoms with E-state index in [4.69, 9.17) is 0 Å². The van der Waals surface area contributed by atoms with Crippen LogP contribution in [0.25, 0.3) is 11.3 Å². The summed E-state index contributed by atoms with van der Waals surface area (Å²) >= 11 is 0. The van der Waals surface area contributed by atoms with Gasteiger partial charge in [0.05, 0.1) is 11.3 Å². The van der Waals surface area contributed by atoms with E-state index in [1.54, 1.807) is 0 Å². The molecule has 1 aliphatic carbocycles. The van der Waals surface area contributed by atoms with Crippen molar-refractivity contribution in [1.29, 1.82) is 0 Å². The molecule has 0 saturated heterocycles. The van der Waals surface area contributed by atoms with Gasteiger partial charge in [-0.15, -0.1) is 0 Å². The number of aromatic hydroxyl groups is 1. The lowest BCUT2D eigenvalue weighted by atomic mass is 9.81. The Morgan fingerprint density at radius 3 is 2.45 bits per heavy atom. The second kappa shape index (κ2) is 9.57. The van der Waals surface area contributed by atoms with Gasteiger partial charge >= 0.3 is 0 Å². The van der Waals surface area contributed by atoms with Crippen LogP contribution in [0.1, 0.15) is 53.1 Å². The highest BCUT2D eigenvalue weighted by atomic mass is 19.1. The number of hydrogen-bond donors (Lipinski definition) is 2. The molecule has 0 spiro atoms. The molecule has 5 nitrogen and oxygen atoms in total. The molecule has 4 rings (SSSR count). The van der Waals surface area contributed by atoms with Gasteiger partial charge in [-0.25, -0.2) is 8.78 Å². The van der Waals surface area contributed by atoms with Crippen LogP contribution in [0.3, 0.4) is 0 Å². The smallest absolute Gasteiger partial charge is 0.293 e. The molecular weight excluding hydrogens is 426 g/mol. The van der Waals surface area contributed by atoms with Crippen molar-refractivity contribution in [1.82, 2.24) is 9.88 Å². The number of benzene rings is 2. The zero-order valence-electron chi connectivity index (χ0n) is 18.4. The van der Waals surface area contributed by atoms with E-state index >= 15 is 0 Å². The summed E-state index contributed by atoms with van der Waals surface area (Å²) in [6.07, 6.45) is 3.43. The lowest BCUT2D eigenvalue weighted by Gasteiger charge is -2.29. The van der Waals surface area contributed by atoms with Crippen LogP contribution in [0.4, 0.5) is 8.78 Å². The summed E-state index contributed by atoms with van der Waals surface area (Å²) in [5, 5.41) is 13.3. The van der Waals surface area contributed by atoms with Crippen LogP contribution in [-0.2, 0) is 13.7 Å². The lowest BCUT2D eigenvalue weighted by molar-refractivity contribution is 0.0922. The van der Waals surface area contributed by atoms with Gasteiger partial charge < -0.3 is 15.0 Å². The monoisotopic (exact) mass is 452 g/mol. The summed E-state index contributed by atoms with van der Waals surface area (Å²) in [4.78, 5) is 25.6. The molecule has 1 aliphatic rings. The van der Waals surface area contributed by atoms with E-state index in [1.165, 1.54) is 24.7 Å². The molecule has 0 aliphatic heterocycles. The van der Waals surface area contributed by atoms with Gasteiger partial charge in [0.1, 0.15) is 12.5 Å². The SMILES string of the molecule is Cn1c(-c2cc(F)cc(CF)c2)cc(C(=O)N[C@H]2CC[C@@H](c3ccccc3)CC2)c(O)c1=O. The molecule has 1 heterocycles. The number of pyridine rings is 1. The Bertz CT molecular complexity index is 1220. The van der Waals surface area contributed by atoms with Crippen LogP contribution in [0.15, 0.2) is 59.4 Å². The van der Waals surface area contributed by atoms with Gasteiger partial charge in [-0.3, -0.25) is 9.59 Å². The number of halogens is 2. The van der Waals surface area contributed by atoms with E-state index in [-0.39, 0.29) is 28.4 Å². The van der Waals surface area contributed by atoms with E-state index in [9.17, 15) is 23.5 Å². The fourth-order valence-electron chi connectivity index (χ4n) is 4.57. The van der Waals surface area contributed by atoms with E-state index in [0.29, 0.717) is 5.92 Å². The minimum atomic E-state index is -0.865. The lowest BCUT2D eigenvalue weighted by Crippen LogP contribution is -2.38. The summed E-state index contributed by atoms with van der Waals surface area (Å²) in [6, 6.07) is 15.2. The molecular formula is C26H26F2N2O3. The van der Waals surface area contributed by atoms with Crippen molar-refractivity contribution in [3.63, 3.8) is 0 Å². The third kappa shape index (κ3) is 4.82. The van der Waals surface area contributed by atoms with Crippen LogP contribution in [0, 0.1) is 5.82 Å². The molecule has 0 atom stereocenters. The minimum Gasteiger partial charge on any atom is -0.502 e. The van der Waals surface area contributed by atoms with Gasteiger partial charge in [-0.1, -0.05) is 30.3 Å². The van der Waals surface area contributed by atoms with Gasteiger partial charge in [0.2, 0.25) is 0 Å². The third-order valence-electron chi connectivity index (χ3n) is 6.39. The van der Waals surface area contributed by atoms with Gasteiger partial charge in [0, 0.05) is 18.7 Å². The van der Waals surface area contributed by atoms with E-state index in [1.807, 2.05) is 18.2 Å². The molecule has 0 bridgehead atoms. The number of amides is 1. The summed E-state index contributed by atoms with van der Waals surface area (Å²) in [6.45, 7) is -0.865. The van der Waals surface area contributed by atoms with Crippen molar-refractivity contribution in [3.05, 3.63) is 87.5 Å². The first-order valence-electron chi connectivity index (χ1n) is 11.0. The first kappa shape index (κ1) is 22.7. The molecule has 172 valence electrons. The Hall–Kier alpha value is -3.48. The topological polar surface area (TPSA) is 71.3 Å². The first-order chi connectivity index (χ1) is 15.9. The second-order valence-electron chi connectivity index (χ2n) is 8.57. The van der Waals surface area contributed by atoms with E-state index < -0.39 is 29.7 Å². The predicted molar refractivity (Wildman–Crippen MR) is 122 cm³/mol. The minimum absolute atomic E-state index is 0.0725. The Morgan fingerprint density at radius 1 is 1.09 bits per heavy atom. The molecule has 7 heteroatoms. The Balaban J connectivity index is 1.55. The van der Waals surface area contributed by atoms with Crippen molar-refractivity contribution in [2.24, 2.45) is 7.05 Å². The van der Waals surface area contributed by atoms with Crippen molar-refractivity contribution in [2.45, 2.75) is 44.3 Å². The number of carbonyl (C=O) groups excluding carboxylic acids is 1. The highest BCUT2D eigenvalue weighted by molar-refractivity contribution is 5.97. The van der Waals surface area contributed by atoms with Crippen molar-refractivity contribution in [2.75, 3.05) is 0 Å². The maximum atomic E-state index is 14.0. The maximum Gasteiger partial charge on any atom is 0.293 e. The van der Waals surface area contributed by atoms with Crippen LogP contribution < -0.4 is 10.9 Å². The Kier molecular flexibility index (Phi) is 6.58. The highest BCUT2D eigenvalue weighted by Gasteiger charge is 2.26. The van der Waals surface area contributed by atoms with Crippen LogP contribution in [-0.4, -0.2) is 21.6 Å². The van der Waals surface area contributed by atoms with Crippen LogP contribution in [0.5, 0.6) is 5.75 Å². The predicted octanol–water partition coefficient (Wildman–Crippen LogP) is 4.82. The zero-order valence-corrected chi connectivity index (χ0v) is 18.4. The quantitative estimate of drug-likeness (QED) is 0.583. The standard InChI is InChI=1S/C26H26F2N2O3/c1-30-23(19-11-16(15-27)12-20(28)13-19)14-22(24(31)26(30)33)25(32)29-21-9-7-18(8-10-21)17-5-3-2-4-6-17/h2-6,11-14,18,21,31H,7-10,15H2,1H3,(H,29,32)/t18-,21+. The van der Waals surface area contributed by atoms with E-state index in [0.717, 1.165) is 42.4 Å². The number of nitrogens with zero attached hydrogens (tertiary/aromatic N) is 1. The highest BCUT2D eigenvalue weighted by Crippen LogP contribution is 2.33.